The number of nitro benzene ring substituents is 1. The zero-order valence-corrected chi connectivity index (χ0v) is 17.2. The topological polar surface area (TPSA) is 114 Å². The number of carbonyl (C=O) groups excluding carboxylic acids is 2. The lowest BCUT2D eigenvalue weighted by Crippen LogP contribution is -2.29. The van der Waals surface area contributed by atoms with E-state index in [1.165, 1.54) is 35.4 Å². The average Bonchev–Trinajstić information content (AvgIpc) is 3.41. The number of Topliss-reactive ketones (excluding diaryl/α,β-unsaturated/α-hetero) is 1. The molecule has 1 N–H and O–H groups in total. The summed E-state index contributed by atoms with van der Waals surface area (Å²) in [5.74, 6) is -1.46. The van der Waals surface area contributed by atoms with Crippen molar-refractivity contribution in [3.63, 3.8) is 0 Å². The van der Waals surface area contributed by atoms with Crippen LogP contribution in [0.15, 0.2) is 76.9 Å². The summed E-state index contributed by atoms with van der Waals surface area (Å²) in [4.78, 5) is 37.7. The fourth-order valence-corrected chi connectivity index (χ4v) is 3.79. The molecule has 1 fully saturated rings. The number of nitro groups is 1. The Hall–Kier alpha value is -4.20. The molecule has 1 unspecified atom stereocenters. The highest BCUT2D eigenvalue weighted by molar-refractivity contribution is 6.46. The van der Waals surface area contributed by atoms with Gasteiger partial charge in [0.1, 0.15) is 11.5 Å². The van der Waals surface area contributed by atoms with Crippen molar-refractivity contribution in [1.29, 1.82) is 0 Å². The Morgan fingerprint density at radius 3 is 2.34 bits per heavy atom. The van der Waals surface area contributed by atoms with Gasteiger partial charge in [-0.2, -0.15) is 0 Å². The molecule has 0 aliphatic carbocycles. The molecule has 32 heavy (non-hydrogen) atoms. The summed E-state index contributed by atoms with van der Waals surface area (Å²) < 4.78 is 5.37. The Balaban J connectivity index is 1.83. The number of likely N-dealkylation sites (tertiary alicyclic amines) is 1. The summed E-state index contributed by atoms with van der Waals surface area (Å²) in [6.07, 6.45) is 2.31. The molecule has 0 saturated carbocycles. The molecule has 8 heteroatoms. The van der Waals surface area contributed by atoms with Crippen LogP contribution in [0.5, 0.6) is 0 Å². The number of aryl methyl sites for hydroxylation is 1. The van der Waals surface area contributed by atoms with Crippen LogP contribution < -0.4 is 0 Å². The van der Waals surface area contributed by atoms with Gasteiger partial charge in [0.05, 0.1) is 29.3 Å². The second-order valence-corrected chi connectivity index (χ2v) is 7.41. The number of carbonyl (C=O) groups is 2. The largest absolute Gasteiger partial charge is 0.507 e. The van der Waals surface area contributed by atoms with Crippen LogP contribution in [0.4, 0.5) is 5.69 Å². The summed E-state index contributed by atoms with van der Waals surface area (Å²) >= 11 is 0. The minimum absolute atomic E-state index is 0.0504. The molecule has 1 aromatic heterocycles. The lowest BCUT2D eigenvalue weighted by atomic mass is 9.94. The number of ketones is 1. The van der Waals surface area contributed by atoms with Crippen LogP contribution in [-0.2, 0) is 22.6 Å². The van der Waals surface area contributed by atoms with Gasteiger partial charge in [-0.1, -0.05) is 31.2 Å². The van der Waals surface area contributed by atoms with Gasteiger partial charge in [0, 0.05) is 17.7 Å². The van der Waals surface area contributed by atoms with Crippen molar-refractivity contribution in [3.8, 4) is 0 Å². The minimum Gasteiger partial charge on any atom is -0.507 e. The molecular weight excluding hydrogens is 412 g/mol. The average molecular weight is 432 g/mol. The highest BCUT2D eigenvalue weighted by Crippen LogP contribution is 2.40. The third-order valence-corrected chi connectivity index (χ3v) is 5.50. The van der Waals surface area contributed by atoms with Crippen LogP contribution in [-0.4, -0.2) is 26.6 Å². The van der Waals surface area contributed by atoms with Gasteiger partial charge in [-0.15, -0.1) is 0 Å². The number of amides is 1. The van der Waals surface area contributed by atoms with Gasteiger partial charge in [0.25, 0.3) is 17.4 Å². The molecule has 3 aromatic rings. The number of non-ortho nitro benzene ring substituents is 1. The Morgan fingerprint density at radius 2 is 1.78 bits per heavy atom. The van der Waals surface area contributed by atoms with Crippen molar-refractivity contribution in [2.75, 3.05) is 0 Å². The lowest BCUT2D eigenvalue weighted by Gasteiger charge is -2.24. The molecule has 0 spiro atoms. The first kappa shape index (κ1) is 21.0. The first-order valence-electron chi connectivity index (χ1n) is 10.0. The van der Waals surface area contributed by atoms with E-state index in [0.29, 0.717) is 11.3 Å². The second-order valence-electron chi connectivity index (χ2n) is 7.41. The second kappa shape index (κ2) is 8.50. The van der Waals surface area contributed by atoms with E-state index in [4.69, 9.17) is 4.42 Å². The number of aliphatic hydroxyl groups excluding tert-OH is 1. The first-order chi connectivity index (χ1) is 15.4. The molecule has 1 aliphatic rings. The highest BCUT2D eigenvalue weighted by Gasteiger charge is 2.46. The fourth-order valence-electron chi connectivity index (χ4n) is 3.79. The number of hydrogen-bond acceptors (Lipinski definition) is 6. The monoisotopic (exact) mass is 432 g/mol. The molecule has 8 nitrogen and oxygen atoms in total. The lowest BCUT2D eigenvalue weighted by molar-refractivity contribution is -0.384. The van der Waals surface area contributed by atoms with E-state index < -0.39 is 22.7 Å². The van der Waals surface area contributed by atoms with Gasteiger partial charge in [0.2, 0.25) is 0 Å². The third kappa shape index (κ3) is 3.78. The van der Waals surface area contributed by atoms with Gasteiger partial charge in [0.15, 0.2) is 0 Å². The van der Waals surface area contributed by atoms with E-state index in [9.17, 15) is 24.8 Å². The molecule has 1 aliphatic heterocycles. The van der Waals surface area contributed by atoms with Crippen molar-refractivity contribution >= 4 is 23.1 Å². The third-order valence-electron chi connectivity index (χ3n) is 5.50. The quantitative estimate of drug-likeness (QED) is 0.203. The Morgan fingerprint density at radius 1 is 1.09 bits per heavy atom. The molecule has 0 bridgehead atoms. The van der Waals surface area contributed by atoms with Gasteiger partial charge in [-0.3, -0.25) is 19.7 Å². The minimum atomic E-state index is -0.832. The standard InChI is InChI=1S/C24H20N2O6/c1-2-15-5-7-16(8-6-15)21-20(22(27)17-9-11-18(12-10-17)26(30)31)23(28)24(29)25(21)14-19-4-3-13-32-19/h3-13,21,27H,2,14H2,1H3/b22-20-. The Kier molecular flexibility index (Phi) is 5.59. The van der Waals surface area contributed by atoms with Crippen LogP contribution in [0.1, 0.15) is 35.4 Å². The number of rotatable bonds is 6. The van der Waals surface area contributed by atoms with E-state index in [2.05, 4.69) is 0 Å². The molecule has 0 radical (unpaired) electrons. The van der Waals surface area contributed by atoms with E-state index in [1.54, 1.807) is 12.1 Å². The summed E-state index contributed by atoms with van der Waals surface area (Å²) in [5, 5.41) is 21.9. The predicted molar refractivity (Wildman–Crippen MR) is 115 cm³/mol. The zero-order chi connectivity index (χ0) is 22.8. The van der Waals surface area contributed by atoms with Crippen LogP contribution in [0.25, 0.3) is 5.76 Å². The maximum atomic E-state index is 13.0. The van der Waals surface area contributed by atoms with Crippen molar-refractivity contribution in [1.82, 2.24) is 4.90 Å². The van der Waals surface area contributed by atoms with Crippen molar-refractivity contribution in [2.45, 2.75) is 25.9 Å². The van der Waals surface area contributed by atoms with Gasteiger partial charge in [-0.05, 0) is 41.8 Å². The molecule has 1 saturated heterocycles. The fraction of sp³-hybridized carbons (Fsp3) is 0.167. The van der Waals surface area contributed by atoms with Gasteiger partial charge < -0.3 is 14.4 Å². The first-order valence-corrected chi connectivity index (χ1v) is 10.0. The van der Waals surface area contributed by atoms with Crippen LogP contribution >= 0.6 is 0 Å². The Bertz CT molecular complexity index is 1190. The maximum absolute atomic E-state index is 13.0. The van der Waals surface area contributed by atoms with E-state index in [0.717, 1.165) is 12.0 Å². The molecule has 4 rings (SSSR count). The van der Waals surface area contributed by atoms with Crippen LogP contribution in [0.2, 0.25) is 0 Å². The van der Waals surface area contributed by atoms with E-state index in [1.807, 2.05) is 31.2 Å². The SMILES string of the molecule is CCc1ccc(C2/C(=C(/O)c3ccc([N+](=O)[O-])cc3)C(=O)C(=O)N2Cc2ccco2)cc1. The van der Waals surface area contributed by atoms with Crippen LogP contribution in [0.3, 0.4) is 0 Å². The molecule has 2 aromatic carbocycles. The summed E-state index contributed by atoms with van der Waals surface area (Å²) in [7, 11) is 0. The van der Waals surface area contributed by atoms with Gasteiger partial charge >= 0.3 is 0 Å². The van der Waals surface area contributed by atoms with Crippen LogP contribution in [0, 0.1) is 10.1 Å². The summed E-state index contributed by atoms with van der Waals surface area (Å²) in [5.41, 5.74) is 1.75. The summed E-state index contributed by atoms with van der Waals surface area (Å²) in [6, 6.07) is 15.2. The number of hydrogen-bond donors (Lipinski definition) is 1. The van der Waals surface area contributed by atoms with E-state index >= 15 is 0 Å². The normalized spacial score (nSPS) is 17.7. The maximum Gasteiger partial charge on any atom is 0.296 e. The molecular formula is C24H20N2O6. The molecule has 162 valence electrons. The molecule has 1 atom stereocenters. The number of benzene rings is 2. The summed E-state index contributed by atoms with van der Waals surface area (Å²) in [6.45, 7) is 2.07. The zero-order valence-electron chi connectivity index (χ0n) is 17.2. The van der Waals surface area contributed by atoms with Crippen molar-refractivity contribution in [2.24, 2.45) is 0 Å². The highest BCUT2D eigenvalue weighted by atomic mass is 16.6. The molecule has 1 amide bonds. The number of nitrogens with zero attached hydrogens (tertiary/aromatic N) is 2. The Labute approximate surface area is 183 Å². The molecule has 2 heterocycles. The number of aliphatic hydroxyl groups is 1. The van der Waals surface area contributed by atoms with E-state index in [-0.39, 0.29) is 29.1 Å². The van der Waals surface area contributed by atoms with Gasteiger partial charge in [-0.25, -0.2) is 0 Å². The van der Waals surface area contributed by atoms with Crippen molar-refractivity contribution in [3.05, 3.63) is 105 Å². The smallest absolute Gasteiger partial charge is 0.296 e. The predicted octanol–water partition coefficient (Wildman–Crippen LogP) is 4.37. The van der Waals surface area contributed by atoms with Crippen molar-refractivity contribution < 1.29 is 24.0 Å². The number of furan rings is 1.